The van der Waals surface area contributed by atoms with Gasteiger partial charge < -0.3 is 16.4 Å². The Balaban J connectivity index is 1.77. The van der Waals surface area contributed by atoms with E-state index in [4.69, 9.17) is 28.9 Å². The first-order valence-electron chi connectivity index (χ1n) is 9.51. The Morgan fingerprint density at radius 3 is 2.63 bits per heavy atom. The molecular formula is C19H27Cl2FN4O. The summed E-state index contributed by atoms with van der Waals surface area (Å²) in [5, 5.41) is 7.04. The van der Waals surface area contributed by atoms with Crippen LogP contribution in [0.1, 0.15) is 43.7 Å². The molecule has 0 radical (unpaired) electrons. The van der Waals surface area contributed by atoms with Gasteiger partial charge in [-0.25, -0.2) is 9.18 Å². The lowest BCUT2D eigenvalue weighted by Crippen LogP contribution is -2.48. The first-order valence-corrected chi connectivity index (χ1v) is 10.3. The van der Waals surface area contributed by atoms with E-state index >= 15 is 4.39 Å². The molecule has 1 aliphatic carbocycles. The number of nitrogens with zero attached hydrogens (tertiary/aromatic N) is 1. The molecule has 150 valence electrons. The molecule has 1 atom stereocenters. The predicted molar refractivity (Wildman–Crippen MR) is 107 cm³/mol. The number of rotatable bonds is 5. The van der Waals surface area contributed by atoms with Gasteiger partial charge in [0, 0.05) is 44.7 Å². The summed E-state index contributed by atoms with van der Waals surface area (Å²) >= 11 is 12.7. The number of nitrogens with two attached hydrogens (primary N) is 1. The van der Waals surface area contributed by atoms with E-state index in [-0.39, 0.29) is 12.1 Å². The van der Waals surface area contributed by atoms with Crippen LogP contribution in [0.5, 0.6) is 0 Å². The number of urea groups is 1. The van der Waals surface area contributed by atoms with E-state index in [0.29, 0.717) is 42.1 Å². The summed E-state index contributed by atoms with van der Waals surface area (Å²) in [7, 11) is 0. The van der Waals surface area contributed by atoms with Crippen molar-refractivity contribution in [3.05, 3.63) is 33.8 Å². The molecule has 2 amide bonds. The molecule has 8 heteroatoms. The van der Waals surface area contributed by atoms with Gasteiger partial charge in [0.25, 0.3) is 0 Å². The second kappa shape index (κ2) is 8.95. The van der Waals surface area contributed by atoms with Crippen LogP contribution in [0.2, 0.25) is 10.0 Å². The van der Waals surface area contributed by atoms with E-state index in [1.54, 1.807) is 6.07 Å². The zero-order chi connectivity index (χ0) is 19.4. The number of hydrogen-bond acceptors (Lipinski definition) is 3. The van der Waals surface area contributed by atoms with Gasteiger partial charge in [-0.05, 0) is 37.3 Å². The van der Waals surface area contributed by atoms with E-state index in [2.05, 4.69) is 15.5 Å². The number of amides is 2. The van der Waals surface area contributed by atoms with Gasteiger partial charge >= 0.3 is 6.03 Å². The highest BCUT2D eigenvalue weighted by atomic mass is 35.5. The van der Waals surface area contributed by atoms with Crippen molar-refractivity contribution in [3.63, 3.8) is 0 Å². The highest BCUT2D eigenvalue weighted by molar-refractivity contribution is 6.42. The van der Waals surface area contributed by atoms with Crippen molar-refractivity contribution in [3.8, 4) is 0 Å². The molecule has 1 saturated heterocycles. The van der Waals surface area contributed by atoms with Gasteiger partial charge in [0.15, 0.2) is 0 Å². The molecule has 0 aromatic heterocycles. The first-order chi connectivity index (χ1) is 12.9. The fourth-order valence-electron chi connectivity index (χ4n) is 4.24. The third-order valence-corrected chi connectivity index (χ3v) is 6.55. The zero-order valence-electron chi connectivity index (χ0n) is 15.3. The Labute approximate surface area is 169 Å². The van der Waals surface area contributed by atoms with Gasteiger partial charge in [-0.1, -0.05) is 35.3 Å². The number of carbonyl (C=O) groups is 1. The van der Waals surface area contributed by atoms with Crippen LogP contribution in [0.4, 0.5) is 9.18 Å². The summed E-state index contributed by atoms with van der Waals surface area (Å²) in [6.07, 6.45) is 2.36. The number of alkyl halides is 1. The Morgan fingerprint density at radius 2 is 2.00 bits per heavy atom. The summed E-state index contributed by atoms with van der Waals surface area (Å²) in [5.41, 5.74) is 4.79. The number of benzene rings is 1. The summed E-state index contributed by atoms with van der Waals surface area (Å²) < 4.78 is 15.7. The fourth-order valence-corrected chi connectivity index (χ4v) is 4.67. The van der Waals surface area contributed by atoms with E-state index in [9.17, 15) is 4.79 Å². The van der Waals surface area contributed by atoms with Crippen molar-refractivity contribution in [2.45, 2.75) is 49.9 Å². The maximum atomic E-state index is 15.7. The Morgan fingerprint density at radius 1 is 1.33 bits per heavy atom. The molecule has 1 aromatic rings. The lowest BCUT2D eigenvalue weighted by atomic mass is 9.78. The summed E-state index contributed by atoms with van der Waals surface area (Å²) in [6.45, 7) is 3.43. The molecule has 2 aliphatic rings. The highest BCUT2D eigenvalue weighted by Crippen LogP contribution is 2.43. The SMILES string of the molecule is NC(=O)NC1CCC(F)(CC(c2cccc(Cl)c2Cl)N2CCNCC2)CC1. The number of hydrogen-bond donors (Lipinski definition) is 3. The van der Waals surface area contributed by atoms with Gasteiger partial charge in [0.05, 0.1) is 10.0 Å². The molecule has 1 unspecified atom stereocenters. The number of halogens is 3. The minimum atomic E-state index is -1.29. The van der Waals surface area contributed by atoms with Gasteiger partial charge in [0.1, 0.15) is 5.67 Å². The molecule has 1 aliphatic heterocycles. The quantitative estimate of drug-likeness (QED) is 0.685. The molecule has 0 bridgehead atoms. The average Bonchev–Trinajstić information content (AvgIpc) is 2.65. The maximum Gasteiger partial charge on any atom is 0.312 e. The molecule has 1 heterocycles. The number of primary amides is 1. The van der Waals surface area contributed by atoms with E-state index in [1.165, 1.54) is 0 Å². The standard InChI is InChI=1S/C19H27Cl2FN4O/c20-15-3-1-2-14(17(15)21)16(26-10-8-24-9-11-26)12-19(22)6-4-13(5-7-19)25-18(23)27/h1-3,13,16,24H,4-12H2,(H3,23,25,27). The Hall–Kier alpha value is -1.08. The van der Waals surface area contributed by atoms with E-state index in [0.717, 1.165) is 31.7 Å². The van der Waals surface area contributed by atoms with Crippen molar-refractivity contribution in [2.24, 2.45) is 5.73 Å². The normalized spacial score (nSPS) is 27.9. The predicted octanol–water partition coefficient (Wildman–Crippen LogP) is 3.65. The lowest BCUT2D eigenvalue weighted by Gasteiger charge is -2.41. The maximum absolute atomic E-state index is 15.7. The molecule has 0 spiro atoms. The van der Waals surface area contributed by atoms with Crippen LogP contribution >= 0.6 is 23.2 Å². The first kappa shape index (κ1) is 20.6. The van der Waals surface area contributed by atoms with Crippen molar-refractivity contribution in [1.82, 2.24) is 15.5 Å². The smallest absolute Gasteiger partial charge is 0.312 e. The second-order valence-electron chi connectivity index (χ2n) is 7.58. The Bertz CT molecular complexity index is 661. The van der Waals surface area contributed by atoms with Crippen LogP contribution in [-0.2, 0) is 0 Å². The third-order valence-electron chi connectivity index (χ3n) is 5.72. The van der Waals surface area contributed by atoms with Gasteiger partial charge in [-0.15, -0.1) is 0 Å². The summed E-state index contributed by atoms with van der Waals surface area (Å²) in [5.74, 6) is 0. The molecule has 3 rings (SSSR count). The number of nitrogens with one attached hydrogen (secondary N) is 2. The van der Waals surface area contributed by atoms with Crippen LogP contribution < -0.4 is 16.4 Å². The number of piperazine rings is 1. The Kier molecular flexibility index (Phi) is 6.84. The topological polar surface area (TPSA) is 70.4 Å². The average molecular weight is 417 g/mol. The molecule has 1 aromatic carbocycles. The zero-order valence-corrected chi connectivity index (χ0v) is 16.8. The van der Waals surface area contributed by atoms with Crippen molar-refractivity contribution >= 4 is 29.2 Å². The fraction of sp³-hybridized carbons (Fsp3) is 0.632. The van der Waals surface area contributed by atoms with Gasteiger partial charge in [0.2, 0.25) is 0 Å². The minimum Gasteiger partial charge on any atom is -0.352 e. The van der Waals surface area contributed by atoms with E-state index in [1.807, 2.05) is 12.1 Å². The molecule has 2 fully saturated rings. The molecule has 27 heavy (non-hydrogen) atoms. The number of carbonyl (C=O) groups excluding carboxylic acids is 1. The van der Waals surface area contributed by atoms with Crippen LogP contribution in [0.3, 0.4) is 0 Å². The van der Waals surface area contributed by atoms with Crippen molar-refractivity contribution < 1.29 is 9.18 Å². The molecule has 1 saturated carbocycles. The molecule has 4 N–H and O–H groups in total. The lowest BCUT2D eigenvalue weighted by molar-refractivity contribution is 0.0395. The second-order valence-corrected chi connectivity index (χ2v) is 8.37. The molecule has 5 nitrogen and oxygen atoms in total. The van der Waals surface area contributed by atoms with Crippen LogP contribution in [-0.4, -0.2) is 48.8 Å². The van der Waals surface area contributed by atoms with Crippen molar-refractivity contribution in [1.29, 1.82) is 0 Å². The molecular weight excluding hydrogens is 390 g/mol. The summed E-state index contributed by atoms with van der Waals surface area (Å²) in [6, 6.07) is 4.87. The highest BCUT2D eigenvalue weighted by Gasteiger charge is 2.40. The van der Waals surface area contributed by atoms with E-state index < -0.39 is 11.7 Å². The minimum absolute atomic E-state index is 0.0428. The van der Waals surface area contributed by atoms with Crippen LogP contribution in [0.25, 0.3) is 0 Å². The monoisotopic (exact) mass is 416 g/mol. The van der Waals surface area contributed by atoms with Gasteiger partial charge in [-0.2, -0.15) is 0 Å². The largest absolute Gasteiger partial charge is 0.352 e. The van der Waals surface area contributed by atoms with Gasteiger partial charge in [-0.3, -0.25) is 4.90 Å². The van der Waals surface area contributed by atoms with Crippen LogP contribution in [0, 0.1) is 0 Å². The van der Waals surface area contributed by atoms with Crippen molar-refractivity contribution in [2.75, 3.05) is 26.2 Å². The van der Waals surface area contributed by atoms with Crippen LogP contribution in [0.15, 0.2) is 18.2 Å². The third kappa shape index (κ3) is 5.25. The summed E-state index contributed by atoms with van der Waals surface area (Å²) in [4.78, 5) is 13.3.